The Bertz CT molecular complexity index is 381. The van der Waals surface area contributed by atoms with Crippen LogP contribution in [0, 0.1) is 16.5 Å². The van der Waals surface area contributed by atoms with Gasteiger partial charge in [-0.25, -0.2) is 8.78 Å². The summed E-state index contributed by atoms with van der Waals surface area (Å²) in [7, 11) is 0. The first-order valence-electron chi connectivity index (χ1n) is 3.08. The number of amides is 1. The summed E-state index contributed by atoms with van der Waals surface area (Å²) in [4.78, 5) is 20.4. The normalized spacial score (nSPS) is 9.77. The molecule has 0 aliphatic rings. The summed E-state index contributed by atoms with van der Waals surface area (Å²) in [5.74, 6) is -3.14. The fraction of sp³-hybridized carbons (Fsp3) is 0. The van der Waals surface area contributed by atoms with Crippen LogP contribution in [0.5, 0.6) is 0 Å². The lowest BCUT2D eigenvalue weighted by Crippen LogP contribution is -1.99. The number of hydrogen-bond acceptors (Lipinski definition) is 2. The third-order valence-electron chi connectivity index (χ3n) is 1.32. The van der Waals surface area contributed by atoms with Crippen molar-refractivity contribution in [3.05, 3.63) is 38.7 Å². The number of carbonyl (C=O) groups is 1. The van der Waals surface area contributed by atoms with Gasteiger partial charge < -0.3 is 0 Å². The van der Waals surface area contributed by atoms with Gasteiger partial charge in [-0.3, -0.25) is 4.79 Å². The van der Waals surface area contributed by atoms with Crippen LogP contribution in [0.15, 0.2) is 21.8 Å². The summed E-state index contributed by atoms with van der Waals surface area (Å²) in [5.41, 5.74) is -0.671. The average molecular weight is 250 g/mol. The molecule has 0 aliphatic heterocycles. The number of rotatable bonds is 1. The van der Waals surface area contributed by atoms with E-state index in [1.54, 1.807) is 0 Å². The summed E-state index contributed by atoms with van der Waals surface area (Å²) >= 11 is 2.72. The first-order valence-corrected chi connectivity index (χ1v) is 3.87. The molecule has 0 aliphatic carbocycles. The molecule has 1 amide bonds. The topological polar surface area (TPSA) is 46.5 Å². The molecule has 0 atom stereocenters. The van der Waals surface area contributed by atoms with Gasteiger partial charge in [-0.05, 0) is 28.1 Å². The number of halogens is 3. The van der Waals surface area contributed by atoms with E-state index in [4.69, 9.17) is 0 Å². The molecule has 3 nitrogen and oxygen atoms in total. The molecule has 0 bridgehead atoms. The molecule has 0 aromatic heterocycles. The minimum atomic E-state index is -1.33. The molecule has 0 saturated carbocycles. The number of nitroso groups, excluding NO2 is 1. The van der Waals surface area contributed by atoms with Crippen LogP contribution < -0.4 is 0 Å². The first kappa shape index (κ1) is 9.91. The van der Waals surface area contributed by atoms with Crippen molar-refractivity contribution in [3.63, 3.8) is 0 Å². The Morgan fingerprint density at radius 3 is 2.46 bits per heavy atom. The quantitative estimate of drug-likeness (QED) is 0.568. The Hall–Kier alpha value is -1.17. The van der Waals surface area contributed by atoms with Crippen LogP contribution in [-0.2, 0) is 0 Å². The molecular formula is C7H2BrF2NO2. The van der Waals surface area contributed by atoms with Gasteiger partial charge in [0.2, 0.25) is 0 Å². The van der Waals surface area contributed by atoms with Gasteiger partial charge in [-0.2, -0.15) is 0 Å². The standard InChI is InChI=1S/C7H2BrF2NO2/c8-4-2-5(9)3(1-6(4)10)7(12)11-13/h1-2H. The number of hydrogen-bond donors (Lipinski definition) is 0. The number of benzene rings is 1. The van der Waals surface area contributed by atoms with E-state index in [1.807, 2.05) is 5.18 Å². The summed E-state index contributed by atoms with van der Waals surface area (Å²) in [6, 6.07) is 1.37. The first-order chi connectivity index (χ1) is 6.06. The number of carbonyl (C=O) groups excluding carboxylic acids is 1. The molecule has 0 heterocycles. The van der Waals surface area contributed by atoms with Crippen molar-refractivity contribution in [2.24, 2.45) is 5.18 Å². The summed E-state index contributed by atoms with van der Waals surface area (Å²) < 4.78 is 25.5. The molecular weight excluding hydrogens is 248 g/mol. The van der Waals surface area contributed by atoms with Gasteiger partial charge in [0.05, 0.1) is 10.0 Å². The second-order valence-electron chi connectivity index (χ2n) is 2.14. The highest BCUT2D eigenvalue weighted by Gasteiger charge is 2.15. The van der Waals surface area contributed by atoms with E-state index in [-0.39, 0.29) is 4.47 Å². The summed E-state index contributed by atoms with van der Waals surface area (Å²) in [6.45, 7) is 0. The van der Waals surface area contributed by atoms with Crippen molar-refractivity contribution >= 4 is 21.8 Å². The third-order valence-corrected chi connectivity index (χ3v) is 1.93. The zero-order valence-electron chi connectivity index (χ0n) is 6.05. The molecule has 68 valence electrons. The lowest BCUT2D eigenvalue weighted by molar-refractivity contribution is 0.0996. The van der Waals surface area contributed by atoms with E-state index in [9.17, 15) is 18.5 Å². The minimum Gasteiger partial charge on any atom is -0.263 e. The minimum absolute atomic E-state index is 0.118. The monoisotopic (exact) mass is 249 g/mol. The van der Waals surface area contributed by atoms with E-state index >= 15 is 0 Å². The Kier molecular flexibility index (Phi) is 2.82. The molecule has 0 unspecified atom stereocenters. The molecule has 0 N–H and O–H groups in total. The SMILES string of the molecule is O=NC(=O)c1cc(F)c(Br)cc1F. The molecule has 1 rings (SSSR count). The lowest BCUT2D eigenvalue weighted by atomic mass is 10.2. The second-order valence-corrected chi connectivity index (χ2v) is 3.00. The molecule has 0 radical (unpaired) electrons. The zero-order valence-corrected chi connectivity index (χ0v) is 7.64. The van der Waals surface area contributed by atoms with Crippen LogP contribution in [0.25, 0.3) is 0 Å². The van der Waals surface area contributed by atoms with Gasteiger partial charge in [-0.1, -0.05) is 0 Å². The summed E-state index contributed by atoms with van der Waals surface area (Å²) in [5, 5.41) is 1.98. The van der Waals surface area contributed by atoms with Gasteiger partial charge in [-0.15, -0.1) is 4.91 Å². The van der Waals surface area contributed by atoms with Crippen LogP contribution >= 0.6 is 15.9 Å². The van der Waals surface area contributed by atoms with Gasteiger partial charge >= 0.3 is 5.91 Å². The predicted molar refractivity (Wildman–Crippen MR) is 44.2 cm³/mol. The molecule has 13 heavy (non-hydrogen) atoms. The van der Waals surface area contributed by atoms with Crippen LogP contribution in [-0.4, -0.2) is 5.91 Å². The van der Waals surface area contributed by atoms with Crippen LogP contribution in [0.1, 0.15) is 10.4 Å². The van der Waals surface area contributed by atoms with Crippen molar-refractivity contribution in [2.75, 3.05) is 0 Å². The maximum atomic E-state index is 12.9. The van der Waals surface area contributed by atoms with Crippen LogP contribution in [0.2, 0.25) is 0 Å². The highest BCUT2D eigenvalue weighted by molar-refractivity contribution is 9.10. The zero-order chi connectivity index (χ0) is 10.0. The summed E-state index contributed by atoms with van der Waals surface area (Å²) in [6.07, 6.45) is 0. The van der Waals surface area contributed by atoms with Gasteiger partial charge in [0.15, 0.2) is 0 Å². The Morgan fingerprint density at radius 2 is 1.92 bits per heavy atom. The maximum absolute atomic E-state index is 12.9. The van der Waals surface area contributed by atoms with Crippen molar-refractivity contribution in [2.45, 2.75) is 0 Å². The van der Waals surface area contributed by atoms with E-state index in [1.165, 1.54) is 0 Å². The molecule has 0 spiro atoms. The fourth-order valence-corrected chi connectivity index (χ4v) is 1.05. The van der Waals surface area contributed by atoms with E-state index in [2.05, 4.69) is 15.9 Å². The predicted octanol–water partition coefficient (Wildman–Crippen LogP) is 2.63. The Labute approximate surface area is 79.9 Å². The van der Waals surface area contributed by atoms with Crippen LogP contribution in [0.4, 0.5) is 8.78 Å². The average Bonchev–Trinajstić information content (AvgIpc) is 2.10. The fourth-order valence-electron chi connectivity index (χ4n) is 0.736. The smallest absolute Gasteiger partial charge is 0.263 e. The Morgan fingerprint density at radius 1 is 1.31 bits per heavy atom. The number of nitrogens with zero attached hydrogens (tertiary/aromatic N) is 1. The van der Waals surface area contributed by atoms with Crippen molar-refractivity contribution in [3.8, 4) is 0 Å². The molecule has 1 aromatic rings. The highest BCUT2D eigenvalue weighted by Crippen LogP contribution is 2.20. The largest absolute Gasteiger partial charge is 0.319 e. The Balaban J connectivity index is 3.31. The molecule has 6 heteroatoms. The highest BCUT2D eigenvalue weighted by atomic mass is 79.9. The third kappa shape index (κ3) is 1.95. The van der Waals surface area contributed by atoms with Gasteiger partial charge in [0, 0.05) is 5.18 Å². The maximum Gasteiger partial charge on any atom is 0.319 e. The van der Waals surface area contributed by atoms with Crippen molar-refractivity contribution in [1.29, 1.82) is 0 Å². The van der Waals surface area contributed by atoms with Gasteiger partial charge in [0.1, 0.15) is 11.6 Å². The molecule has 0 saturated heterocycles. The van der Waals surface area contributed by atoms with Gasteiger partial charge in [0.25, 0.3) is 0 Å². The lowest BCUT2D eigenvalue weighted by Gasteiger charge is -1.98. The van der Waals surface area contributed by atoms with Crippen molar-refractivity contribution in [1.82, 2.24) is 0 Å². The van der Waals surface area contributed by atoms with E-state index in [0.717, 1.165) is 6.07 Å². The van der Waals surface area contributed by atoms with E-state index in [0.29, 0.717) is 6.07 Å². The van der Waals surface area contributed by atoms with E-state index < -0.39 is 23.1 Å². The van der Waals surface area contributed by atoms with Crippen molar-refractivity contribution < 1.29 is 13.6 Å². The second kappa shape index (κ2) is 3.69. The van der Waals surface area contributed by atoms with Crippen LogP contribution in [0.3, 0.4) is 0 Å². The molecule has 1 aromatic carbocycles. The molecule has 0 fully saturated rings.